The lowest BCUT2D eigenvalue weighted by atomic mass is 10.2. The molecule has 4 heterocycles. The second kappa shape index (κ2) is 5.69. The molecule has 9 heteroatoms. The average Bonchev–Trinajstić information content (AvgIpc) is 3.23. The van der Waals surface area contributed by atoms with Crippen LogP contribution in [0.3, 0.4) is 0 Å². The van der Waals surface area contributed by atoms with Gasteiger partial charge < -0.3 is 0 Å². The van der Waals surface area contributed by atoms with Gasteiger partial charge in [-0.3, -0.25) is 9.55 Å². The summed E-state index contributed by atoms with van der Waals surface area (Å²) in [6.45, 7) is 4.03. The number of hydrogen-bond donors (Lipinski definition) is 0. The van der Waals surface area contributed by atoms with Gasteiger partial charge in [0.2, 0.25) is 0 Å². The van der Waals surface area contributed by atoms with Gasteiger partial charge in [0.1, 0.15) is 11.2 Å². The predicted molar refractivity (Wildman–Crippen MR) is 91.2 cm³/mol. The Morgan fingerprint density at radius 1 is 1.16 bits per heavy atom. The molecule has 4 aromatic heterocycles. The zero-order valence-corrected chi connectivity index (χ0v) is 14.6. The number of pyridine rings is 1. The van der Waals surface area contributed by atoms with Crippen molar-refractivity contribution < 1.29 is 8.78 Å². The molecule has 0 atom stereocenters. The van der Waals surface area contributed by atoms with Crippen LogP contribution in [0.25, 0.3) is 26.7 Å². The van der Waals surface area contributed by atoms with Crippen molar-refractivity contribution in [1.82, 2.24) is 29.5 Å². The zero-order valence-electron chi connectivity index (χ0n) is 13.7. The van der Waals surface area contributed by atoms with E-state index < -0.39 is 6.43 Å². The molecule has 0 aromatic carbocycles. The van der Waals surface area contributed by atoms with Crippen LogP contribution in [0.5, 0.6) is 0 Å². The van der Waals surface area contributed by atoms with Gasteiger partial charge in [0.15, 0.2) is 10.8 Å². The molecule has 0 aliphatic heterocycles. The van der Waals surface area contributed by atoms with Gasteiger partial charge >= 0.3 is 0 Å². The lowest BCUT2D eigenvalue weighted by molar-refractivity contribution is 0.146. The van der Waals surface area contributed by atoms with Crippen LogP contribution in [0.2, 0.25) is 0 Å². The summed E-state index contributed by atoms with van der Waals surface area (Å²) in [4.78, 5) is 8.91. The van der Waals surface area contributed by atoms with E-state index in [4.69, 9.17) is 0 Å². The van der Waals surface area contributed by atoms with Crippen molar-refractivity contribution >= 4 is 21.6 Å². The Bertz CT molecular complexity index is 1060. The molecule has 0 saturated heterocycles. The normalized spacial score (nSPS) is 11.8. The number of halogens is 2. The highest BCUT2D eigenvalue weighted by atomic mass is 32.1. The fourth-order valence-corrected chi connectivity index (χ4v) is 3.93. The van der Waals surface area contributed by atoms with Crippen LogP contribution in [0.1, 0.15) is 23.5 Å². The number of thiazole rings is 1. The largest absolute Gasteiger partial charge is 0.295 e. The maximum atomic E-state index is 13.2. The molecule has 0 unspecified atom stereocenters. The number of hydrogen-bond acceptors (Lipinski definition) is 5. The van der Waals surface area contributed by atoms with E-state index in [1.807, 2.05) is 26.0 Å². The summed E-state index contributed by atoms with van der Waals surface area (Å²) in [5.74, 6) is 0. The molecule has 0 spiro atoms. The monoisotopic (exact) mass is 360 g/mol. The van der Waals surface area contributed by atoms with Gasteiger partial charge in [-0.1, -0.05) is 16.6 Å². The third-order valence-electron chi connectivity index (χ3n) is 4.03. The lowest BCUT2D eigenvalue weighted by Gasteiger charge is -2.03. The third-order valence-corrected chi connectivity index (χ3v) is 5.03. The van der Waals surface area contributed by atoms with Crippen LogP contribution < -0.4 is 0 Å². The quantitative estimate of drug-likeness (QED) is 0.557. The maximum absolute atomic E-state index is 13.2. The number of fused-ring (bicyclic) bond motifs is 1. The second-order valence-electron chi connectivity index (χ2n) is 5.73. The third kappa shape index (κ3) is 2.51. The van der Waals surface area contributed by atoms with Gasteiger partial charge in [-0.25, -0.2) is 18.4 Å². The van der Waals surface area contributed by atoms with Crippen LogP contribution in [-0.4, -0.2) is 29.5 Å². The first-order valence-corrected chi connectivity index (χ1v) is 8.37. The van der Waals surface area contributed by atoms with E-state index in [1.165, 1.54) is 16.0 Å². The first-order chi connectivity index (χ1) is 12.0. The molecule has 0 fully saturated rings. The fraction of sp³-hybridized carbons (Fsp3) is 0.250. The van der Waals surface area contributed by atoms with Gasteiger partial charge in [0, 0.05) is 18.4 Å². The van der Waals surface area contributed by atoms with Crippen LogP contribution >= 0.6 is 11.3 Å². The van der Waals surface area contributed by atoms with Crippen molar-refractivity contribution in [2.75, 3.05) is 0 Å². The summed E-state index contributed by atoms with van der Waals surface area (Å²) in [5, 5.41) is 8.07. The highest BCUT2D eigenvalue weighted by Crippen LogP contribution is 2.32. The Morgan fingerprint density at radius 2 is 1.88 bits per heavy atom. The molecule has 0 N–H and O–H groups in total. The molecule has 0 radical (unpaired) electrons. The summed E-state index contributed by atoms with van der Waals surface area (Å²) in [7, 11) is 1.57. The molecule has 128 valence electrons. The van der Waals surface area contributed by atoms with Crippen LogP contribution in [0, 0.1) is 13.8 Å². The van der Waals surface area contributed by atoms with Crippen molar-refractivity contribution in [2.24, 2.45) is 7.05 Å². The van der Waals surface area contributed by atoms with Gasteiger partial charge in [-0.05, 0) is 32.0 Å². The highest BCUT2D eigenvalue weighted by Gasteiger charge is 2.22. The number of aryl methyl sites for hydroxylation is 3. The van der Waals surface area contributed by atoms with E-state index >= 15 is 0 Å². The molecular formula is C16H14F2N6S. The Labute approximate surface area is 145 Å². The molecule has 0 aliphatic rings. The number of rotatable bonds is 3. The van der Waals surface area contributed by atoms with Crippen molar-refractivity contribution in [3.8, 4) is 16.5 Å². The number of nitrogens with zero attached hydrogens (tertiary/aromatic N) is 6. The molecule has 0 aliphatic carbocycles. The van der Waals surface area contributed by atoms with E-state index in [9.17, 15) is 8.78 Å². The van der Waals surface area contributed by atoms with E-state index in [2.05, 4.69) is 24.8 Å². The van der Waals surface area contributed by atoms with Crippen molar-refractivity contribution in [3.63, 3.8) is 0 Å². The van der Waals surface area contributed by atoms with Gasteiger partial charge in [-0.15, -0.1) is 5.10 Å². The second-order valence-corrected chi connectivity index (χ2v) is 6.74. The van der Waals surface area contributed by atoms with Gasteiger partial charge in [0.05, 0.1) is 16.6 Å². The summed E-state index contributed by atoms with van der Waals surface area (Å²) >= 11 is 1.49. The molecule has 0 bridgehead atoms. The van der Waals surface area contributed by atoms with Gasteiger partial charge in [-0.2, -0.15) is 0 Å². The summed E-state index contributed by atoms with van der Waals surface area (Å²) in [5.41, 5.74) is 3.16. The standard InChI is InChI=1S/C16H14F2N6S/c1-8-4-5-9(2)24(8)16-20-11-7-19-10(6-12(11)25-16)14-13(15(17)18)21-22-23(14)3/h4-7,15H,1-3H3. The van der Waals surface area contributed by atoms with Crippen LogP contribution in [0.15, 0.2) is 24.4 Å². The Morgan fingerprint density at radius 3 is 2.56 bits per heavy atom. The summed E-state index contributed by atoms with van der Waals surface area (Å²) in [6.07, 6.45) is -1.11. The Hall–Kier alpha value is -2.68. The average molecular weight is 360 g/mol. The molecule has 6 nitrogen and oxygen atoms in total. The topological polar surface area (TPSA) is 61.4 Å². The van der Waals surface area contributed by atoms with Crippen molar-refractivity contribution in [2.45, 2.75) is 20.3 Å². The molecule has 4 aromatic rings. The summed E-state index contributed by atoms with van der Waals surface area (Å²) in [6, 6.07) is 5.82. The smallest absolute Gasteiger partial charge is 0.284 e. The minimum absolute atomic E-state index is 0.222. The van der Waals surface area contributed by atoms with E-state index in [0.29, 0.717) is 5.69 Å². The number of alkyl halides is 2. The first-order valence-electron chi connectivity index (χ1n) is 7.55. The maximum Gasteiger partial charge on any atom is 0.284 e. The lowest BCUT2D eigenvalue weighted by Crippen LogP contribution is -1.98. The van der Waals surface area contributed by atoms with E-state index in [1.54, 1.807) is 19.3 Å². The fourth-order valence-electron chi connectivity index (χ4n) is 2.83. The van der Waals surface area contributed by atoms with Gasteiger partial charge in [0.25, 0.3) is 6.43 Å². The molecule has 0 saturated carbocycles. The van der Waals surface area contributed by atoms with Crippen molar-refractivity contribution in [3.05, 3.63) is 41.5 Å². The summed E-state index contributed by atoms with van der Waals surface area (Å²) < 4.78 is 30.6. The first kappa shape index (κ1) is 15.8. The molecule has 25 heavy (non-hydrogen) atoms. The highest BCUT2D eigenvalue weighted by molar-refractivity contribution is 7.20. The molecule has 0 amide bonds. The molecular weight excluding hydrogens is 346 g/mol. The molecule has 4 rings (SSSR count). The predicted octanol–water partition coefficient (Wildman–Crippen LogP) is 3.83. The Balaban J connectivity index is 1.86. The van der Waals surface area contributed by atoms with E-state index in [-0.39, 0.29) is 11.4 Å². The number of aromatic nitrogens is 6. The van der Waals surface area contributed by atoms with E-state index in [0.717, 1.165) is 26.7 Å². The minimum atomic E-state index is -2.71. The Kier molecular flexibility index (Phi) is 3.60. The minimum Gasteiger partial charge on any atom is -0.295 e. The van der Waals surface area contributed by atoms with Crippen molar-refractivity contribution in [1.29, 1.82) is 0 Å². The van der Waals surface area contributed by atoms with Crippen LogP contribution in [-0.2, 0) is 7.05 Å². The zero-order chi connectivity index (χ0) is 17.7. The SMILES string of the molecule is Cc1ccc(C)n1-c1nc2cnc(-c3c(C(F)F)nnn3C)cc2s1. The van der Waals surface area contributed by atoms with Crippen LogP contribution in [0.4, 0.5) is 8.78 Å².